The zero-order valence-corrected chi connectivity index (χ0v) is 10.5. The molecular formula is C11H10BrN3O2. The molecule has 2 aromatic heterocycles. The molecular weight excluding hydrogens is 286 g/mol. The van der Waals surface area contributed by atoms with Crippen LogP contribution in [-0.2, 0) is 13.0 Å². The van der Waals surface area contributed by atoms with Crippen LogP contribution in [0.3, 0.4) is 0 Å². The highest BCUT2D eigenvalue weighted by molar-refractivity contribution is 9.10. The van der Waals surface area contributed by atoms with E-state index in [0.717, 1.165) is 21.5 Å². The van der Waals surface area contributed by atoms with E-state index in [0.29, 0.717) is 19.5 Å². The number of amides is 1. The number of hydrogen-bond donors (Lipinski definition) is 1. The van der Waals surface area contributed by atoms with E-state index < -0.39 is 6.09 Å². The molecule has 2 aromatic rings. The molecule has 0 aliphatic carbocycles. The molecule has 0 unspecified atom stereocenters. The summed E-state index contributed by atoms with van der Waals surface area (Å²) in [4.78, 5) is 16.9. The summed E-state index contributed by atoms with van der Waals surface area (Å²) in [6.07, 6.45) is 1.72. The van der Waals surface area contributed by atoms with Crippen LogP contribution in [0.25, 0.3) is 5.65 Å². The lowest BCUT2D eigenvalue weighted by Gasteiger charge is -2.23. The molecule has 1 aliphatic heterocycles. The van der Waals surface area contributed by atoms with Crippen molar-refractivity contribution >= 4 is 27.7 Å². The number of carbonyl (C=O) groups is 1. The number of fused-ring (bicyclic) bond motifs is 3. The van der Waals surface area contributed by atoms with E-state index in [2.05, 4.69) is 20.9 Å². The van der Waals surface area contributed by atoms with Crippen LogP contribution >= 0.6 is 15.9 Å². The Morgan fingerprint density at radius 1 is 1.53 bits per heavy atom. The predicted molar refractivity (Wildman–Crippen MR) is 65.0 cm³/mol. The second kappa shape index (κ2) is 3.73. The highest BCUT2D eigenvalue weighted by Crippen LogP contribution is 2.22. The highest BCUT2D eigenvalue weighted by atomic mass is 79.9. The van der Waals surface area contributed by atoms with E-state index in [4.69, 9.17) is 5.11 Å². The van der Waals surface area contributed by atoms with Crippen molar-refractivity contribution in [1.82, 2.24) is 14.3 Å². The van der Waals surface area contributed by atoms with Crippen LogP contribution in [0.15, 0.2) is 22.8 Å². The standard InChI is InChI=1S/C11H10BrN3O2/c12-7-1-4-15-9-6-14(11(16)17)3-2-8(9)13-10(15)5-7/h1,4-5H,2-3,6H2,(H,16,17). The monoisotopic (exact) mass is 295 g/mol. The molecule has 0 saturated carbocycles. The maximum Gasteiger partial charge on any atom is 0.407 e. The van der Waals surface area contributed by atoms with Gasteiger partial charge in [0, 0.05) is 23.6 Å². The van der Waals surface area contributed by atoms with Crippen molar-refractivity contribution in [1.29, 1.82) is 0 Å². The van der Waals surface area contributed by atoms with E-state index in [9.17, 15) is 4.79 Å². The van der Waals surface area contributed by atoms with E-state index in [1.54, 1.807) is 0 Å². The zero-order valence-electron chi connectivity index (χ0n) is 8.93. The Labute approximate surface area is 106 Å². The van der Waals surface area contributed by atoms with Gasteiger partial charge in [-0.15, -0.1) is 0 Å². The summed E-state index contributed by atoms with van der Waals surface area (Å²) in [6.45, 7) is 0.931. The van der Waals surface area contributed by atoms with Gasteiger partial charge in [0.05, 0.1) is 17.9 Å². The highest BCUT2D eigenvalue weighted by Gasteiger charge is 2.24. The van der Waals surface area contributed by atoms with Crippen LogP contribution in [0, 0.1) is 0 Å². The summed E-state index contributed by atoms with van der Waals surface area (Å²) in [6, 6.07) is 3.86. The quantitative estimate of drug-likeness (QED) is 0.810. The molecule has 1 amide bonds. The summed E-state index contributed by atoms with van der Waals surface area (Å²) in [7, 11) is 0. The smallest absolute Gasteiger partial charge is 0.407 e. The van der Waals surface area contributed by atoms with Gasteiger partial charge in [0.2, 0.25) is 0 Å². The molecule has 17 heavy (non-hydrogen) atoms. The van der Waals surface area contributed by atoms with Crippen LogP contribution in [-0.4, -0.2) is 32.0 Å². The molecule has 5 nitrogen and oxygen atoms in total. The van der Waals surface area contributed by atoms with E-state index >= 15 is 0 Å². The molecule has 3 heterocycles. The lowest BCUT2D eigenvalue weighted by molar-refractivity contribution is 0.139. The van der Waals surface area contributed by atoms with E-state index in [-0.39, 0.29) is 0 Å². The third kappa shape index (κ3) is 1.68. The van der Waals surface area contributed by atoms with Gasteiger partial charge in [0.1, 0.15) is 5.65 Å². The van der Waals surface area contributed by atoms with Crippen LogP contribution in [0.4, 0.5) is 4.79 Å². The number of carboxylic acid groups (broad SMARTS) is 1. The third-order valence-corrected chi connectivity index (χ3v) is 3.49. The average molecular weight is 296 g/mol. The number of rotatable bonds is 0. The first-order valence-corrected chi connectivity index (χ1v) is 6.07. The summed E-state index contributed by atoms with van der Waals surface area (Å²) in [5, 5.41) is 9.01. The number of aromatic nitrogens is 2. The molecule has 1 N–H and O–H groups in total. The number of nitrogens with zero attached hydrogens (tertiary/aromatic N) is 3. The van der Waals surface area contributed by atoms with Gasteiger partial charge in [-0.05, 0) is 12.1 Å². The van der Waals surface area contributed by atoms with Crippen LogP contribution in [0.5, 0.6) is 0 Å². The lowest BCUT2D eigenvalue weighted by Crippen LogP contribution is -2.35. The van der Waals surface area contributed by atoms with Gasteiger partial charge in [-0.3, -0.25) is 0 Å². The van der Waals surface area contributed by atoms with Crippen molar-refractivity contribution in [2.75, 3.05) is 6.54 Å². The molecule has 6 heteroatoms. The first-order valence-electron chi connectivity index (χ1n) is 5.28. The number of pyridine rings is 1. The van der Waals surface area contributed by atoms with Crippen molar-refractivity contribution in [3.63, 3.8) is 0 Å². The maximum atomic E-state index is 11.0. The van der Waals surface area contributed by atoms with Gasteiger partial charge in [-0.25, -0.2) is 9.78 Å². The van der Waals surface area contributed by atoms with Crippen LogP contribution < -0.4 is 0 Å². The fraction of sp³-hybridized carbons (Fsp3) is 0.273. The van der Waals surface area contributed by atoms with E-state index in [1.165, 1.54) is 4.90 Å². The average Bonchev–Trinajstić information content (AvgIpc) is 2.64. The van der Waals surface area contributed by atoms with Gasteiger partial charge in [0.15, 0.2) is 0 Å². The molecule has 0 saturated heterocycles. The molecule has 1 aliphatic rings. The normalized spacial score (nSPS) is 15.0. The minimum absolute atomic E-state index is 0.410. The molecule has 3 rings (SSSR count). The molecule has 0 atom stereocenters. The summed E-state index contributed by atoms with van der Waals surface area (Å²) >= 11 is 3.40. The molecule has 88 valence electrons. The Morgan fingerprint density at radius 3 is 3.12 bits per heavy atom. The minimum Gasteiger partial charge on any atom is -0.465 e. The minimum atomic E-state index is -0.872. The Balaban J connectivity index is 2.12. The number of imidazole rings is 1. The van der Waals surface area contributed by atoms with E-state index in [1.807, 2.05) is 22.7 Å². The van der Waals surface area contributed by atoms with Crippen molar-refractivity contribution in [3.8, 4) is 0 Å². The lowest BCUT2D eigenvalue weighted by atomic mass is 10.1. The molecule has 0 fully saturated rings. The molecule has 0 radical (unpaired) electrons. The first kappa shape index (κ1) is 10.6. The third-order valence-electron chi connectivity index (χ3n) is 3.00. The van der Waals surface area contributed by atoms with Crippen molar-refractivity contribution in [2.24, 2.45) is 0 Å². The number of halogens is 1. The summed E-state index contributed by atoms with van der Waals surface area (Å²) in [5.41, 5.74) is 2.83. The second-order valence-corrected chi connectivity index (χ2v) is 4.95. The van der Waals surface area contributed by atoms with Gasteiger partial charge in [-0.1, -0.05) is 15.9 Å². The Morgan fingerprint density at radius 2 is 2.35 bits per heavy atom. The number of hydrogen-bond acceptors (Lipinski definition) is 2. The van der Waals surface area contributed by atoms with Gasteiger partial charge in [-0.2, -0.15) is 0 Å². The fourth-order valence-corrected chi connectivity index (χ4v) is 2.47. The SMILES string of the molecule is O=C(O)N1CCc2nc3cc(Br)ccn3c2C1. The molecule has 0 aromatic carbocycles. The Bertz CT molecular complexity index is 608. The topological polar surface area (TPSA) is 57.8 Å². The Kier molecular flexibility index (Phi) is 2.32. The second-order valence-electron chi connectivity index (χ2n) is 4.03. The maximum absolute atomic E-state index is 11.0. The van der Waals surface area contributed by atoms with Crippen molar-refractivity contribution < 1.29 is 9.90 Å². The summed E-state index contributed by atoms with van der Waals surface area (Å²) < 4.78 is 2.93. The van der Waals surface area contributed by atoms with Crippen molar-refractivity contribution in [2.45, 2.75) is 13.0 Å². The van der Waals surface area contributed by atoms with Gasteiger partial charge >= 0.3 is 6.09 Å². The van der Waals surface area contributed by atoms with Gasteiger partial charge in [0.25, 0.3) is 0 Å². The summed E-state index contributed by atoms with van der Waals surface area (Å²) in [5.74, 6) is 0. The van der Waals surface area contributed by atoms with Crippen molar-refractivity contribution in [3.05, 3.63) is 34.2 Å². The van der Waals surface area contributed by atoms with Crippen LogP contribution in [0.2, 0.25) is 0 Å². The molecule has 0 bridgehead atoms. The largest absolute Gasteiger partial charge is 0.465 e. The zero-order chi connectivity index (χ0) is 12.0. The Hall–Kier alpha value is -1.56. The fourth-order valence-electron chi connectivity index (χ4n) is 2.15. The van der Waals surface area contributed by atoms with Gasteiger partial charge < -0.3 is 14.4 Å². The van der Waals surface area contributed by atoms with Crippen LogP contribution in [0.1, 0.15) is 11.4 Å². The molecule has 0 spiro atoms. The first-order chi connectivity index (χ1) is 8.15. The predicted octanol–water partition coefficient (Wildman–Crippen LogP) is 2.13.